The van der Waals surface area contributed by atoms with Crippen LogP contribution < -0.4 is 11.1 Å². The van der Waals surface area contributed by atoms with Crippen LogP contribution in [0, 0.1) is 0 Å². The Morgan fingerprint density at radius 2 is 1.94 bits per heavy atom. The first-order valence-electron chi connectivity index (χ1n) is 5.66. The van der Waals surface area contributed by atoms with Crippen molar-refractivity contribution in [1.82, 2.24) is 5.32 Å². The standard InChI is InChI=1S/C13H20N2O2/c1-13(2,3)17-12(16)15-11(14)9-10-7-5-4-6-8-10/h4-8,11H,9,14H2,1-3H3,(H,15,16). The van der Waals surface area contributed by atoms with Crippen LogP contribution in [-0.4, -0.2) is 17.9 Å². The van der Waals surface area contributed by atoms with Crippen LogP contribution in [0.1, 0.15) is 26.3 Å². The number of benzene rings is 1. The zero-order valence-corrected chi connectivity index (χ0v) is 10.6. The molecule has 0 saturated heterocycles. The molecule has 0 heterocycles. The summed E-state index contributed by atoms with van der Waals surface area (Å²) < 4.78 is 5.12. The summed E-state index contributed by atoms with van der Waals surface area (Å²) in [7, 11) is 0. The van der Waals surface area contributed by atoms with E-state index in [0.717, 1.165) is 5.56 Å². The highest BCUT2D eigenvalue weighted by Crippen LogP contribution is 2.07. The van der Waals surface area contributed by atoms with Crippen molar-refractivity contribution >= 4 is 6.09 Å². The second-order valence-corrected chi connectivity index (χ2v) is 4.94. The van der Waals surface area contributed by atoms with Gasteiger partial charge in [-0.05, 0) is 26.3 Å². The third-order valence-corrected chi connectivity index (χ3v) is 2.00. The number of alkyl carbamates (subject to hydrolysis) is 1. The van der Waals surface area contributed by atoms with Crippen molar-refractivity contribution in [1.29, 1.82) is 0 Å². The molecule has 4 heteroatoms. The smallest absolute Gasteiger partial charge is 0.408 e. The molecule has 1 aromatic rings. The molecule has 1 atom stereocenters. The molecule has 94 valence electrons. The summed E-state index contributed by atoms with van der Waals surface area (Å²) in [5.41, 5.74) is 6.39. The van der Waals surface area contributed by atoms with Crippen LogP contribution in [0.4, 0.5) is 4.79 Å². The van der Waals surface area contributed by atoms with E-state index in [2.05, 4.69) is 5.32 Å². The van der Waals surface area contributed by atoms with Gasteiger partial charge in [-0.3, -0.25) is 0 Å². The fourth-order valence-electron chi connectivity index (χ4n) is 1.38. The molecule has 1 aromatic carbocycles. The van der Waals surface area contributed by atoms with E-state index in [4.69, 9.17) is 10.5 Å². The van der Waals surface area contributed by atoms with Gasteiger partial charge in [0.2, 0.25) is 0 Å². The van der Waals surface area contributed by atoms with Gasteiger partial charge in [-0.1, -0.05) is 30.3 Å². The molecule has 0 aliphatic rings. The maximum atomic E-state index is 11.4. The second-order valence-electron chi connectivity index (χ2n) is 4.94. The quantitative estimate of drug-likeness (QED) is 0.789. The zero-order chi connectivity index (χ0) is 12.9. The molecule has 0 aliphatic carbocycles. The average molecular weight is 236 g/mol. The van der Waals surface area contributed by atoms with Crippen molar-refractivity contribution < 1.29 is 9.53 Å². The molecular weight excluding hydrogens is 216 g/mol. The minimum Gasteiger partial charge on any atom is -0.444 e. The van der Waals surface area contributed by atoms with Crippen molar-refractivity contribution in [2.24, 2.45) is 5.73 Å². The number of ether oxygens (including phenoxy) is 1. The van der Waals surface area contributed by atoms with Gasteiger partial charge in [0.1, 0.15) is 5.60 Å². The normalized spacial score (nSPS) is 12.9. The highest BCUT2D eigenvalue weighted by atomic mass is 16.6. The van der Waals surface area contributed by atoms with Gasteiger partial charge in [0, 0.05) is 6.42 Å². The maximum absolute atomic E-state index is 11.4. The van der Waals surface area contributed by atoms with Crippen LogP contribution in [0.3, 0.4) is 0 Å². The number of amides is 1. The highest BCUT2D eigenvalue weighted by molar-refractivity contribution is 5.68. The predicted octanol–water partition coefficient (Wildman–Crippen LogP) is 2.04. The van der Waals surface area contributed by atoms with Gasteiger partial charge in [-0.15, -0.1) is 0 Å². The minimum absolute atomic E-state index is 0.438. The molecule has 0 aliphatic heterocycles. The number of nitrogens with two attached hydrogens (primary N) is 1. The van der Waals surface area contributed by atoms with Crippen LogP contribution in [0.15, 0.2) is 30.3 Å². The van der Waals surface area contributed by atoms with Crippen molar-refractivity contribution in [3.05, 3.63) is 35.9 Å². The first-order chi connectivity index (χ1) is 7.87. The van der Waals surface area contributed by atoms with Gasteiger partial charge in [0.25, 0.3) is 0 Å². The van der Waals surface area contributed by atoms with Crippen LogP contribution >= 0.6 is 0 Å². The SMILES string of the molecule is CC(C)(C)OC(=O)NC(N)Cc1ccccc1. The first kappa shape index (κ1) is 13.5. The third-order valence-electron chi connectivity index (χ3n) is 2.00. The summed E-state index contributed by atoms with van der Waals surface area (Å²) in [6, 6.07) is 9.76. The molecule has 4 nitrogen and oxygen atoms in total. The minimum atomic E-state index is -0.503. The average Bonchev–Trinajstić information content (AvgIpc) is 2.15. The largest absolute Gasteiger partial charge is 0.444 e. The lowest BCUT2D eigenvalue weighted by Gasteiger charge is -2.21. The van der Waals surface area contributed by atoms with E-state index < -0.39 is 17.9 Å². The molecule has 1 amide bonds. The zero-order valence-electron chi connectivity index (χ0n) is 10.6. The third kappa shape index (κ3) is 5.92. The monoisotopic (exact) mass is 236 g/mol. The summed E-state index contributed by atoms with van der Waals surface area (Å²) in [6.07, 6.45) is -0.340. The first-order valence-corrected chi connectivity index (χ1v) is 5.66. The Kier molecular flexibility index (Phi) is 4.52. The number of carbonyl (C=O) groups is 1. The topological polar surface area (TPSA) is 64.3 Å². The van der Waals surface area contributed by atoms with E-state index >= 15 is 0 Å². The maximum Gasteiger partial charge on any atom is 0.408 e. The summed E-state index contributed by atoms with van der Waals surface area (Å²) >= 11 is 0. The molecule has 0 aromatic heterocycles. The number of rotatable bonds is 3. The van der Waals surface area contributed by atoms with Crippen molar-refractivity contribution in [2.75, 3.05) is 0 Å². The van der Waals surface area contributed by atoms with Gasteiger partial charge in [-0.2, -0.15) is 0 Å². The molecular formula is C13H20N2O2. The van der Waals surface area contributed by atoms with E-state index in [-0.39, 0.29) is 0 Å². The van der Waals surface area contributed by atoms with Gasteiger partial charge < -0.3 is 15.8 Å². The summed E-state index contributed by atoms with van der Waals surface area (Å²) in [5.74, 6) is 0. The van der Waals surface area contributed by atoms with Gasteiger partial charge in [0.15, 0.2) is 0 Å². The van der Waals surface area contributed by atoms with Crippen LogP contribution in [0.5, 0.6) is 0 Å². The number of hydrogen-bond acceptors (Lipinski definition) is 3. The molecule has 0 saturated carbocycles. The molecule has 0 fully saturated rings. The molecule has 17 heavy (non-hydrogen) atoms. The molecule has 1 rings (SSSR count). The summed E-state index contributed by atoms with van der Waals surface area (Å²) in [5, 5.41) is 2.60. The Hall–Kier alpha value is -1.55. The lowest BCUT2D eigenvalue weighted by Crippen LogP contribution is -2.45. The van der Waals surface area contributed by atoms with Crippen LogP contribution in [0.25, 0.3) is 0 Å². The molecule has 0 radical (unpaired) electrons. The molecule has 0 spiro atoms. The molecule has 3 N–H and O–H groups in total. The van der Waals surface area contributed by atoms with Gasteiger partial charge in [-0.25, -0.2) is 4.79 Å². The van der Waals surface area contributed by atoms with Crippen molar-refractivity contribution in [3.8, 4) is 0 Å². The van der Waals surface area contributed by atoms with Gasteiger partial charge >= 0.3 is 6.09 Å². The summed E-state index contributed by atoms with van der Waals surface area (Å²) in [4.78, 5) is 11.4. The fraction of sp³-hybridized carbons (Fsp3) is 0.462. The second kappa shape index (κ2) is 5.68. The summed E-state index contributed by atoms with van der Waals surface area (Å²) in [6.45, 7) is 5.44. The number of carbonyl (C=O) groups excluding carboxylic acids is 1. The van der Waals surface area contributed by atoms with E-state index in [1.54, 1.807) is 0 Å². The number of nitrogens with one attached hydrogen (secondary N) is 1. The Labute approximate surface area is 102 Å². The van der Waals surface area contributed by atoms with Gasteiger partial charge in [0.05, 0.1) is 6.17 Å². The van der Waals surface area contributed by atoms with E-state index in [9.17, 15) is 4.79 Å². The van der Waals surface area contributed by atoms with E-state index in [0.29, 0.717) is 6.42 Å². The van der Waals surface area contributed by atoms with E-state index in [1.165, 1.54) is 0 Å². The Balaban J connectivity index is 2.40. The predicted molar refractivity (Wildman–Crippen MR) is 67.5 cm³/mol. The highest BCUT2D eigenvalue weighted by Gasteiger charge is 2.17. The van der Waals surface area contributed by atoms with E-state index in [1.807, 2.05) is 51.1 Å². The fourth-order valence-corrected chi connectivity index (χ4v) is 1.38. The van der Waals surface area contributed by atoms with Crippen molar-refractivity contribution in [2.45, 2.75) is 39.0 Å². The van der Waals surface area contributed by atoms with Crippen LogP contribution in [0.2, 0.25) is 0 Å². The Morgan fingerprint density at radius 3 is 2.47 bits per heavy atom. The van der Waals surface area contributed by atoms with Crippen LogP contribution in [-0.2, 0) is 11.2 Å². The lowest BCUT2D eigenvalue weighted by atomic mass is 10.1. The van der Waals surface area contributed by atoms with Crippen molar-refractivity contribution in [3.63, 3.8) is 0 Å². The molecule has 0 bridgehead atoms. The Morgan fingerprint density at radius 1 is 1.35 bits per heavy atom. The molecule has 1 unspecified atom stereocenters. The lowest BCUT2D eigenvalue weighted by molar-refractivity contribution is 0.0506. The number of hydrogen-bond donors (Lipinski definition) is 2. The Bertz CT molecular complexity index is 357.